The summed E-state index contributed by atoms with van der Waals surface area (Å²) in [7, 11) is 1.62. The molecule has 0 spiro atoms. The minimum atomic E-state index is -0.656. The van der Waals surface area contributed by atoms with Gasteiger partial charge in [-0.2, -0.15) is 0 Å². The number of nitrogens with zero attached hydrogens (tertiary/aromatic N) is 1. The van der Waals surface area contributed by atoms with Crippen molar-refractivity contribution < 1.29 is 19.4 Å². The molecule has 4 rings (SSSR count). The second-order valence-corrected chi connectivity index (χ2v) is 8.32. The fraction of sp³-hybridized carbons (Fsp3) is 0.214. The van der Waals surface area contributed by atoms with E-state index in [9.17, 15) is 14.7 Å². The van der Waals surface area contributed by atoms with Crippen LogP contribution in [-0.4, -0.2) is 35.4 Å². The molecule has 1 unspecified atom stereocenters. The fourth-order valence-electron chi connectivity index (χ4n) is 4.27. The molecule has 1 N–H and O–H groups in total. The Balaban J connectivity index is 1.76. The van der Waals surface area contributed by atoms with E-state index in [1.165, 1.54) is 0 Å². The van der Waals surface area contributed by atoms with Gasteiger partial charge in [0.2, 0.25) is 0 Å². The quantitative estimate of drug-likeness (QED) is 0.333. The van der Waals surface area contributed by atoms with Crippen LogP contribution in [0.3, 0.4) is 0 Å². The predicted molar refractivity (Wildman–Crippen MR) is 128 cm³/mol. The van der Waals surface area contributed by atoms with Gasteiger partial charge in [0.1, 0.15) is 11.5 Å². The van der Waals surface area contributed by atoms with Crippen molar-refractivity contribution >= 4 is 17.4 Å². The number of carbonyl (C=O) groups is 2. The summed E-state index contributed by atoms with van der Waals surface area (Å²) in [4.78, 5) is 27.9. The topological polar surface area (TPSA) is 66.8 Å². The van der Waals surface area contributed by atoms with Crippen molar-refractivity contribution in [1.29, 1.82) is 0 Å². The molecule has 5 heteroatoms. The number of benzene rings is 3. The number of likely N-dealkylation sites (tertiary alicyclic amines) is 1. The molecule has 0 aromatic heterocycles. The number of hydrogen-bond acceptors (Lipinski definition) is 4. The first kappa shape index (κ1) is 22.3. The molecule has 1 saturated heterocycles. The second kappa shape index (κ2) is 9.33. The zero-order valence-corrected chi connectivity index (χ0v) is 19.0. The smallest absolute Gasteiger partial charge is 0.295 e. The average molecular weight is 442 g/mol. The Bertz CT molecular complexity index is 1210. The van der Waals surface area contributed by atoms with Gasteiger partial charge in [-0.05, 0) is 55.2 Å². The first-order chi connectivity index (χ1) is 15.9. The monoisotopic (exact) mass is 441 g/mol. The molecule has 0 bridgehead atoms. The average Bonchev–Trinajstić information content (AvgIpc) is 3.09. The van der Waals surface area contributed by atoms with Gasteiger partial charge in [-0.3, -0.25) is 9.59 Å². The summed E-state index contributed by atoms with van der Waals surface area (Å²) in [6.07, 6.45) is 0.573. The molecule has 1 aliphatic heterocycles. The number of rotatable bonds is 6. The van der Waals surface area contributed by atoms with Crippen molar-refractivity contribution in [2.24, 2.45) is 0 Å². The van der Waals surface area contributed by atoms with Crippen molar-refractivity contribution in [3.63, 3.8) is 0 Å². The van der Waals surface area contributed by atoms with Crippen LogP contribution in [0.15, 0.2) is 78.4 Å². The number of carbonyl (C=O) groups excluding carboxylic acids is 2. The first-order valence-corrected chi connectivity index (χ1v) is 10.9. The normalized spacial score (nSPS) is 17.4. The number of amides is 1. The Morgan fingerprint density at radius 3 is 2.33 bits per heavy atom. The molecule has 3 aromatic rings. The SMILES string of the molecule is COc1ccc(CCN2C(=O)C(=O)/C(=C(/O)c3cc(C)ccc3C)C2c2ccccc2)cc1. The minimum Gasteiger partial charge on any atom is -0.507 e. The minimum absolute atomic E-state index is 0.129. The molecule has 33 heavy (non-hydrogen) atoms. The highest BCUT2D eigenvalue weighted by atomic mass is 16.5. The lowest BCUT2D eigenvalue weighted by molar-refractivity contribution is -0.139. The molecule has 0 saturated carbocycles. The zero-order valence-electron chi connectivity index (χ0n) is 19.0. The number of methoxy groups -OCH3 is 1. The first-order valence-electron chi connectivity index (χ1n) is 10.9. The van der Waals surface area contributed by atoms with E-state index in [0.29, 0.717) is 18.5 Å². The highest BCUT2D eigenvalue weighted by molar-refractivity contribution is 6.46. The zero-order chi connectivity index (χ0) is 23.5. The number of aliphatic hydroxyl groups excluding tert-OH is 1. The van der Waals surface area contributed by atoms with Crippen molar-refractivity contribution in [3.05, 3.63) is 106 Å². The summed E-state index contributed by atoms with van der Waals surface area (Å²) in [5.41, 5.74) is 4.33. The third kappa shape index (κ3) is 4.40. The molecule has 3 aromatic carbocycles. The van der Waals surface area contributed by atoms with Gasteiger partial charge in [0, 0.05) is 12.1 Å². The van der Waals surface area contributed by atoms with E-state index in [1.807, 2.05) is 86.6 Å². The Hall–Kier alpha value is -3.86. The molecule has 1 atom stereocenters. The Kier molecular flexibility index (Phi) is 6.31. The number of ether oxygens (including phenoxy) is 1. The molecule has 1 amide bonds. The maximum absolute atomic E-state index is 13.2. The largest absolute Gasteiger partial charge is 0.507 e. The molecular weight excluding hydrogens is 414 g/mol. The van der Waals surface area contributed by atoms with Crippen molar-refractivity contribution in [3.8, 4) is 5.75 Å². The molecular formula is C28H27NO4. The molecule has 1 heterocycles. The fourth-order valence-corrected chi connectivity index (χ4v) is 4.27. The van der Waals surface area contributed by atoms with E-state index in [-0.39, 0.29) is 11.3 Å². The van der Waals surface area contributed by atoms with E-state index >= 15 is 0 Å². The maximum Gasteiger partial charge on any atom is 0.295 e. The Labute approximate surface area is 193 Å². The van der Waals surface area contributed by atoms with Crippen LogP contribution in [0.25, 0.3) is 5.76 Å². The van der Waals surface area contributed by atoms with Crippen molar-refractivity contribution in [2.45, 2.75) is 26.3 Å². The highest BCUT2D eigenvalue weighted by Gasteiger charge is 2.45. The van der Waals surface area contributed by atoms with Crippen LogP contribution in [0.5, 0.6) is 5.75 Å². The summed E-state index contributed by atoms with van der Waals surface area (Å²) < 4.78 is 5.21. The van der Waals surface area contributed by atoms with Gasteiger partial charge in [0.05, 0.1) is 18.7 Å². The molecule has 168 valence electrons. The second-order valence-electron chi connectivity index (χ2n) is 8.32. The number of aliphatic hydroxyl groups is 1. The number of Topliss-reactive ketones (excluding diaryl/α,β-unsaturated/α-hetero) is 1. The van der Waals surface area contributed by atoms with Crippen LogP contribution in [0.1, 0.15) is 33.9 Å². The lowest BCUT2D eigenvalue weighted by Gasteiger charge is -2.25. The van der Waals surface area contributed by atoms with E-state index < -0.39 is 17.7 Å². The molecule has 5 nitrogen and oxygen atoms in total. The van der Waals surface area contributed by atoms with E-state index in [2.05, 4.69) is 0 Å². The summed E-state index contributed by atoms with van der Waals surface area (Å²) in [6, 6.07) is 22.1. The van der Waals surface area contributed by atoms with Gasteiger partial charge in [-0.15, -0.1) is 0 Å². The van der Waals surface area contributed by atoms with Gasteiger partial charge >= 0.3 is 0 Å². The highest BCUT2D eigenvalue weighted by Crippen LogP contribution is 2.40. The lowest BCUT2D eigenvalue weighted by atomic mass is 9.93. The van der Waals surface area contributed by atoms with Crippen LogP contribution >= 0.6 is 0 Å². The van der Waals surface area contributed by atoms with Gasteiger partial charge in [0.25, 0.3) is 11.7 Å². The van der Waals surface area contributed by atoms with Crippen LogP contribution < -0.4 is 4.74 Å². The Morgan fingerprint density at radius 1 is 0.970 bits per heavy atom. The summed E-state index contributed by atoms with van der Waals surface area (Å²) in [5, 5.41) is 11.3. The maximum atomic E-state index is 13.2. The molecule has 0 radical (unpaired) electrons. The van der Waals surface area contributed by atoms with Crippen molar-refractivity contribution in [2.75, 3.05) is 13.7 Å². The molecule has 1 aliphatic rings. The summed E-state index contributed by atoms with van der Waals surface area (Å²) in [6.45, 7) is 4.16. The van der Waals surface area contributed by atoms with E-state index in [1.54, 1.807) is 12.0 Å². The van der Waals surface area contributed by atoms with Gasteiger partial charge in [0.15, 0.2) is 0 Å². The summed E-state index contributed by atoms with van der Waals surface area (Å²) in [5.74, 6) is -0.617. The lowest BCUT2D eigenvalue weighted by Crippen LogP contribution is -2.31. The van der Waals surface area contributed by atoms with Crippen molar-refractivity contribution in [1.82, 2.24) is 4.90 Å². The van der Waals surface area contributed by atoms with Gasteiger partial charge in [-0.25, -0.2) is 0 Å². The third-order valence-corrected chi connectivity index (χ3v) is 6.10. The van der Waals surface area contributed by atoms with Crippen LogP contribution in [0.4, 0.5) is 0 Å². The van der Waals surface area contributed by atoms with Crippen LogP contribution in [0.2, 0.25) is 0 Å². The van der Waals surface area contributed by atoms with Gasteiger partial charge < -0.3 is 14.7 Å². The number of aryl methyl sites for hydroxylation is 2. The van der Waals surface area contributed by atoms with E-state index in [0.717, 1.165) is 28.0 Å². The number of ketones is 1. The Morgan fingerprint density at radius 2 is 1.67 bits per heavy atom. The standard InChI is InChI=1S/C28H27NO4/c1-18-9-10-19(2)23(17-18)26(30)24-25(21-7-5-4-6-8-21)29(28(32)27(24)31)16-15-20-11-13-22(33-3)14-12-20/h4-14,17,25,30H,15-16H2,1-3H3/b26-24+. The van der Waals surface area contributed by atoms with Gasteiger partial charge in [-0.1, -0.05) is 60.2 Å². The van der Waals surface area contributed by atoms with E-state index in [4.69, 9.17) is 4.74 Å². The van der Waals surface area contributed by atoms with Crippen LogP contribution in [0, 0.1) is 13.8 Å². The summed E-state index contributed by atoms with van der Waals surface area (Å²) >= 11 is 0. The number of hydrogen-bond donors (Lipinski definition) is 1. The van der Waals surface area contributed by atoms with Crippen LogP contribution in [-0.2, 0) is 16.0 Å². The molecule has 0 aliphatic carbocycles. The molecule has 1 fully saturated rings. The third-order valence-electron chi connectivity index (χ3n) is 6.10. The predicted octanol–water partition coefficient (Wildman–Crippen LogP) is 4.98.